The topological polar surface area (TPSA) is 152 Å². The molecule has 0 fully saturated rings. The zero-order chi connectivity index (χ0) is 24.9. The quantitative estimate of drug-likeness (QED) is 0.320. The van der Waals surface area contributed by atoms with E-state index in [4.69, 9.17) is 21.1 Å². The van der Waals surface area contributed by atoms with E-state index in [1.54, 1.807) is 13.0 Å². The van der Waals surface area contributed by atoms with Gasteiger partial charge in [-0.05, 0) is 37.3 Å². The summed E-state index contributed by atoms with van der Waals surface area (Å²) in [6.45, 7) is 1.42. The van der Waals surface area contributed by atoms with Gasteiger partial charge in [-0.25, -0.2) is 18.4 Å². The number of anilines is 2. The van der Waals surface area contributed by atoms with Crippen LogP contribution in [0.2, 0.25) is 5.02 Å². The summed E-state index contributed by atoms with van der Waals surface area (Å²) >= 11 is 6.11. The molecule has 0 aliphatic carbocycles. The number of hydrogen-bond donors (Lipinski definition) is 4. The number of carbonyl (C=O) groups is 1. The van der Waals surface area contributed by atoms with Gasteiger partial charge < -0.3 is 14.6 Å². The Kier molecular flexibility index (Phi) is 7.76. The molecule has 0 atom stereocenters. The average molecular weight is 508 g/mol. The molecule has 1 aromatic heterocycles. The third-order valence-electron chi connectivity index (χ3n) is 4.48. The number of sulfonamides is 1. The van der Waals surface area contributed by atoms with Gasteiger partial charge in [0.1, 0.15) is 11.5 Å². The molecule has 34 heavy (non-hydrogen) atoms. The number of halogens is 1. The van der Waals surface area contributed by atoms with Crippen LogP contribution in [0.25, 0.3) is 0 Å². The number of aliphatic hydroxyl groups is 1. The first-order valence-electron chi connectivity index (χ1n) is 9.73. The van der Waals surface area contributed by atoms with Gasteiger partial charge in [0.15, 0.2) is 0 Å². The number of ether oxygens (including phenoxy) is 2. The molecule has 180 valence electrons. The lowest BCUT2D eigenvalue weighted by atomic mass is 10.2. The Balaban J connectivity index is 1.79. The van der Waals surface area contributed by atoms with Crippen LogP contribution in [-0.4, -0.2) is 43.6 Å². The fourth-order valence-electron chi connectivity index (χ4n) is 2.90. The minimum absolute atomic E-state index is 0.0603. The molecule has 1 heterocycles. The number of aliphatic hydroxyl groups excluding tert-OH is 1. The number of nitrogens with zero attached hydrogens (tertiary/aromatic N) is 2. The summed E-state index contributed by atoms with van der Waals surface area (Å²) in [6.07, 6.45) is 0. The van der Waals surface area contributed by atoms with Crippen molar-refractivity contribution in [3.8, 4) is 11.5 Å². The molecule has 11 nitrogen and oxygen atoms in total. The van der Waals surface area contributed by atoms with E-state index in [-0.39, 0.29) is 39.5 Å². The minimum atomic E-state index is -4.10. The van der Waals surface area contributed by atoms with Gasteiger partial charge >= 0.3 is 0 Å². The van der Waals surface area contributed by atoms with E-state index in [9.17, 15) is 18.3 Å². The first kappa shape index (κ1) is 25.0. The molecule has 0 spiro atoms. The van der Waals surface area contributed by atoms with Crippen LogP contribution in [0.3, 0.4) is 0 Å². The van der Waals surface area contributed by atoms with Crippen molar-refractivity contribution in [3.63, 3.8) is 0 Å². The number of carbonyl (C=O) groups excluding carboxylic acids is 1. The molecule has 2 aromatic carbocycles. The Morgan fingerprint density at radius 3 is 2.50 bits per heavy atom. The minimum Gasteiger partial charge on any atom is -0.495 e. The third-order valence-corrected chi connectivity index (χ3v) is 6.14. The molecule has 1 amide bonds. The predicted octanol–water partition coefficient (Wildman–Crippen LogP) is 2.51. The van der Waals surface area contributed by atoms with Gasteiger partial charge in [0.05, 0.1) is 42.1 Å². The van der Waals surface area contributed by atoms with E-state index < -0.39 is 15.9 Å². The molecular weight excluding hydrogens is 486 g/mol. The standard InChI is InChI=1S/C21H22ClN5O6S/c1-12-7-14(11-28)24-21(23-12)26-25-20(29)13-5-4-6-15(8-13)34(30,31)27-17-9-16(22)18(32-2)10-19(17)33-3/h4-10,27-28H,11H2,1-3H3,(H,25,29)(H,23,24,26). The van der Waals surface area contributed by atoms with Crippen molar-refractivity contribution >= 4 is 39.2 Å². The number of rotatable bonds is 9. The van der Waals surface area contributed by atoms with Crippen LogP contribution in [0.15, 0.2) is 47.4 Å². The molecule has 0 aliphatic rings. The average Bonchev–Trinajstić information content (AvgIpc) is 2.82. The van der Waals surface area contributed by atoms with E-state index >= 15 is 0 Å². The van der Waals surface area contributed by atoms with Gasteiger partial charge in [0.2, 0.25) is 5.95 Å². The zero-order valence-electron chi connectivity index (χ0n) is 18.4. The van der Waals surface area contributed by atoms with E-state index in [0.29, 0.717) is 17.1 Å². The molecule has 3 aromatic rings. The zero-order valence-corrected chi connectivity index (χ0v) is 20.0. The van der Waals surface area contributed by atoms with Crippen molar-refractivity contribution in [1.29, 1.82) is 0 Å². The fourth-order valence-corrected chi connectivity index (χ4v) is 4.25. The van der Waals surface area contributed by atoms with Crippen LogP contribution < -0.4 is 25.0 Å². The SMILES string of the molecule is COc1cc(OC)c(NS(=O)(=O)c2cccc(C(=O)NNc3nc(C)cc(CO)n3)c2)cc1Cl. The van der Waals surface area contributed by atoms with Crippen LogP contribution in [0, 0.1) is 6.92 Å². The molecule has 3 rings (SSSR count). The highest BCUT2D eigenvalue weighted by Crippen LogP contribution is 2.37. The van der Waals surface area contributed by atoms with E-state index in [1.165, 1.54) is 50.6 Å². The van der Waals surface area contributed by atoms with Gasteiger partial charge in [0.25, 0.3) is 15.9 Å². The Labute approximate surface area is 201 Å². The van der Waals surface area contributed by atoms with E-state index in [0.717, 1.165) is 0 Å². The highest BCUT2D eigenvalue weighted by atomic mass is 35.5. The maximum Gasteiger partial charge on any atom is 0.269 e. The lowest BCUT2D eigenvalue weighted by molar-refractivity contribution is 0.0962. The van der Waals surface area contributed by atoms with Crippen LogP contribution >= 0.6 is 11.6 Å². The van der Waals surface area contributed by atoms with Gasteiger partial charge in [-0.1, -0.05) is 17.7 Å². The summed E-state index contributed by atoms with van der Waals surface area (Å²) in [5.41, 5.74) is 6.06. The molecule has 0 saturated heterocycles. The lowest BCUT2D eigenvalue weighted by Crippen LogP contribution is -2.30. The molecule has 0 saturated carbocycles. The number of methoxy groups -OCH3 is 2. The van der Waals surface area contributed by atoms with Gasteiger partial charge in [-0.2, -0.15) is 0 Å². The summed E-state index contributed by atoms with van der Waals surface area (Å²) in [7, 11) is -1.30. The second kappa shape index (κ2) is 10.5. The summed E-state index contributed by atoms with van der Waals surface area (Å²) < 4.78 is 38.7. The number of aromatic nitrogens is 2. The number of benzene rings is 2. The monoisotopic (exact) mass is 507 g/mol. The molecule has 0 aliphatic heterocycles. The number of nitrogens with one attached hydrogen (secondary N) is 3. The Hall–Kier alpha value is -3.61. The predicted molar refractivity (Wildman–Crippen MR) is 126 cm³/mol. The third kappa shape index (κ3) is 5.84. The van der Waals surface area contributed by atoms with Gasteiger partial charge in [-0.3, -0.25) is 20.4 Å². The summed E-state index contributed by atoms with van der Waals surface area (Å²) in [5.74, 6) is -0.0382. The highest BCUT2D eigenvalue weighted by molar-refractivity contribution is 7.92. The lowest BCUT2D eigenvalue weighted by Gasteiger charge is -2.14. The maximum absolute atomic E-state index is 13.0. The van der Waals surface area contributed by atoms with Gasteiger partial charge in [0, 0.05) is 17.3 Å². The van der Waals surface area contributed by atoms with Crippen LogP contribution in [0.1, 0.15) is 21.7 Å². The largest absolute Gasteiger partial charge is 0.495 e. The molecular formula is C21H22ClN5O6S. The van der Waals surface area contributed by atoms with Crippen LogP contribution in [0.4, 0.5) is 11.6 Å². The fraction of sp³-hybridized carbons (Fsp3) is 0.190. The summed E-state index contributed by atoms with van der Waals surface area (Å²) in [4.78, 5) is 20.5. The molecule has 4 N–H and O–H groups in total. The maximum atomic E-state index is 13.0. The normalized spacial score (nSPS) is 11.0. The molecule has 0 bridgehead atoms. The molecule has 0 unspecified atom stereocenters. The molecule has 13 heteroatoms. The van der Waals surface area contributed by atoms with Crippen molar-refractivity contribution in [2.45, 2.75) is 18.4 Å². The van der Waals surface area contributed by atoms with E-state index in [2.05, 4.69) is 25.5 Å². The van der Waals surface area contributed by atoms with E-state index in [1.807, 2.05) is 0 Å². The summed E-state index contributed by atoms with van der Waals surface area (Å²) in [6, 6.07) is 9.81. The van der Waals surface area contributed by atoms with Crippen LogP contribution in [0.5, 0.6) is 11.5 Å². The van der Waals surface area contributed by atoms with Gasteiger partial charge in [-0.15, -0.1) is 0 Å². The Bertz CT molecular complexity index is 1320. The van der Waals surface area contributed by atoms with Crippen molar-refractivity contribution in [2.75, 3.05) is 24.4 Å². The molecule has 0 radical (unpaired) electrons. The second-order valence-corrected chi connectivity index (χ2v) is 8.97. The van der Waals surface area contributed by atoms with Crippen molar-refractivity contribution < 1.29 is 27.8 Å². The van der Waals surface area contributed by atoms with Crippen LogP contribution in [-0.2, 0) is 16.6 Å². The first-order valence-corrected chi connectivity index (χ1v) is 11.6. The Morgan fingerprint density at radius 2 is 1.82 bits per heavy atom. The van der Waals surface area contributed by atoms with Crippen molar-refractivity contribution in [1.82, 2.24) is 15.4 Å². The second-order valence-electron chi connectivity index (χ2n) is 6.88. The first-order chi connectivity index (χ1) is 16.2. The smallest absolute Gasteiger partial charge is 0.269 e. The number of amides is 1. The highest BCUT2D eigenvalue weighted by Gasteiger charge is 2.20. The number of aryl methyl sites for hydroxylation is 1. The number of hydrogen-bond acceptors (Lipinski definition) is 9. The van der Waals surface area contributed by atoms with Crippen molar-refractivity contribution in [3.05, 3.63) is 64.4 Å². The number of hydrazine groups is 1. The Morgan fingerprint density at radius 1 is 1.09 bits per heavy atom. The summed E-state index contributed by atoms with van der Waals surface area (Å²) in [5, 5.41) is 9.42. The van der Waals surface area contributed by atoms with Crippen molar-refractivity contribution in [2.24, 2.45) is 0 Å².